The zero-order valence-corrected chi connectivity index (χ0v) is 10.6. The smallest absolute Gasteiger partial charge is 0.262 e. The molecule has 1 aromatic rings. The van der Waals surface area contributed by atoms with Crippen molar-refractivity contribution in [1.82, 2.24) is 0 Å². The average molecular weight is 255 g/mol. The van der Waals surface area contributed by atoms with Gasteiger partial charge in [-0.2, -0.15) is 0 Å². The lowest BCUT2D eigenvalue weighted by Gasteiger charge is -2.21. The third kappa shape index (κ3) is 2.64. The van der Waals surface area contributed by atoms with Crippen molar-refractivity contribution in [2.75, 3.05) is 17.2 Å². The molecule has 92 valence electrons. The molecule has 1 amide bonds. The highest BCUT2D eigenvalue weighted by molar-refractivity contribution is 6.33. The Balaban J connectivity index is 2.27. The first-order valence-corrected chi connectivity index (χ1v) is 6.00. The summed E-state index contributed by atoms with van der Waals surface area (Å²) in [5.74, 6) is 0.496. The molecule has 1 aliphatic heterocycles. The van der Waals surface area contributed by atoms with Crippen LogP contribution in [0.15, 0.2) is 12.1 Å². The van der Waals surface area contributed by atoms with E-state index in [9.17, 15) is 4.79 Å². The van der Waals surface area contributed by atoms with E-state index in [-0.39, 0.29) is 12.5 Å². The Morgan fingerprint density at radius 3 is 3.06 bits per heavy atom. The maximum atomic E-state index is 11.2. The van der Waals surface area contributed by atoms with Crippen LogP contribution in [0.2, 0.25) is 5.02 Å². The summed E-state index contributed by atoms with van der Waals surface area (Å²) in [4.78, 5) is 11.2. The summed E-state index contributed by atoms with van der Waals surface area (Å²) in [6, 6.07) is 3.87. The zero-order chi connectivity index (χ0) is 12.4. The molecule has 0 radical (unpaired) electrons. The van der Waals surface area contributed by atoms with E-state index in [4.69, 9.17) is 16.3 Å². The molecule has 1 aliphatic rings. The number of benzene rings is 1. The molecule has 0 aromatic heterocycles. The summed E-state index contributed by atoms with van der Waals surface area (Å²) in [5, 5.41) is 6.59. The molecule has 0 spiro atoms. The first-order valence-electron chi connectivity index (χ1n) is 5.63. The zero-order valence-electron chi connectivity index (χ0n) is 9.84. The first-order chi connectivity index (χ1) is 8.10. The van der Waals surface area contributed by atoms with Crippen LogP contribution < -0.4 is 15.4 Å². The molecule has 0 bridgehead atoms. The molecule has 1 heterocycles. The lowest BCUT2D eigenvalue weighted by atomic mass is 10.2. The minimum Gasteiger partial charge on any atom is -0.482 e. The Kier molecular flexibility index (Phi) is 3.43. The number of nitrogens with one attached hydrogen (secondary N) is 2. The van der Waals surface area contributed by atoms with Gasteiger partial charge in [0.25, 0.3) is 5.91 Å². The van der Waals surface area contributed by atoms with Crippen molar-refractivity contribution >= 4 is 28.9 Å². The van der Waals surface area contributed by atoms with Gasteiger partial charge in [0, 0.05) is 12.1 Å². The van der Waals surface area contributed by atoms with Gasteiger partial charge in [-0.05, 0) is 19.4 Å². The molecule has 17 heavy (non-hydrogen) atoms. The summed E-state index contributed by atoms with van der Waals surface area (Å²) in [6.07, 6.45) is 1.00. The standard InChI is InChI=1S/C12H15ClN2O2/c1-3-7(2)14-9-5-11-10(4-8(9)13)15-12(16)6-17-11/h4-5,7,14H,3,6H2,1-2H3,(H,15,16). The van der Waals surface area contributed by atoms with Crippen LogP contribution in [0.25, 0.3) is 0 Å². The topological polar surface area (TPSA) is 50.4 Å². The van der Waals surface area contributed by atoms with Crippen LogP contribution in [0.1, 0.15) is 20.3 Å². The number of carbonyl (C=O) groups is 1. The molecule has 0 aliphatic carbocycles. The van der Waals surface area contributed by atoms with E-state index in [1.807, 2.05) is 6.07 Å². The average Bonchev–Trinajstić information content (AvgIpc) is 2.30. The van der Waals surface area contributed by atoms with Crippen molar-refractivity contribution in [3.63, 3.8) is 0 Å². The predicted molar refractivity (Wildman–Crippen MR) is 69.0 cm³/mol. The van der Waals surface area contributed by atoms with Crippen LogP contribution >= 0.6 is 11.6 Å². The van der Waals surface area contributed by atoms with Crippen LogP contribution in [-0.4, -0.2) is 18.6 Å². The fraction of sp³-hybridized carbons (Fsp3) is 0.417. The number of anilines is 2. The number of ether oxygens (including phenoxy) is 1. The summed E-state index contributed by atoms with van der Waals surface area (Å²) < 4.78 is 5.34. The number of hydrogen-bond acceptors (Lipinski definition) is 3. The third-order valence-electron chi connectivity index (χ3n) is 2.72. The lowest BCUT2D eigenvalue weighted by Crippen LogP contribution is -2.25. The summed E-state index contributed by atoms with van der Waals surface area (Å²) in [6.45, 7) is 4.23. The van der Waals surface area contributed by atoms with Crippen molar-refractivity contribution < 1.29 is 9.53 Å². The van der Waals surface area contributed by atoms with Crippen LogP contribution in [0.5, 0.6) is 5.75 Å². The van der Waals surface area contributed by atoms with Crippen molar-refractivity contribution in [3.05, 3.63) is 17.2 Å². The highest BCUT2D eigenvalue weighted by Gasteiger charge is 2.18. The normalized spacial score (nSPS) is 15.6. The van der Waals surface area contributed by atoms with Gasteiger partial charge in [-0.25, -0.2) is 0 Å². The Morgan fingerprint density at radius 1 is 1.59 bits per heavy atom. The number of carbonyl (C=O) groups excluding carboxylic acids is 1. The Hall–Kier alpha value is -1.42. The van der Waals surface area contributed by atoms with Crippen LogP contribution in [0, 0.1) is 0 Å². The fourth-order valence-electron chi connectivity index (χ4n) is 1.58. The number of halogens is 1. The van der Waals surface area contributed by atoms with Gasteiger partial charge < -0.3 is 15.4 Å². The van der Waals surface area contributed by atoms with Crippen LogP contribution in [0.3, 0.4) is 0 Å². The SMILES string of the molecule is CCC(C)Nc1cc2c(cc1Cl)NC(=O)CO2. The minimum atomic E-state index is -0.156. The summed E-state index contributed by atoms with van der Waals surface area (Å²) in [5.41, 5.74) is 1.46. The highest BCUT2D eigenvalue weighted by Crippen LogP contribution is 2.36. The Labute approximate surface area is 105 Å². The molecule has 4 nitrogen and oxygen atoms in total. The van der Waals surface area contributed by atoms with E-state index in [1.165, 1.54) is 0 Å². The van der Waals surface area contributed by atoms with Crippen LogP contribution in [-0.2, 0) is 4.79 Å². The second-order valence-electron chi connectivity index (χ2n) is 4.12. The van der Waals surface area contributed by atoms with Gasteiger partial charge in [0.15, 0.2) is 6.61 Å². The molecule has 2 N–H and O–H groups in total. The van der Waals surface area contributed by atoms with E-state index >= 15 is 0 Å². The molecular formula is C12H15ClN2O2. The molecule has 5 heteroatoms. The fourth-order valence-corrected chi connectivity index (χ4v) is 1.80. The number of hydrogen-bond donors (Lipinski definition) is 2. The molecule has 1 atom stereocenters. The largest absolute Gasteiger partial charge is 0.482 e. The Morgan fingerprint density at radius 2 is 2.35 bits per heavy atom. The van der Waals surface area contributed by atoms with Gasteiger partial charge in [-0.1, -0.05) is 18.5 Å². The van der Waals surface area contributed by atoms with Crippen molar-refractivity contribution in [2.45, 2.75) is 26.3 Å². The first kappa shape index (κ1) is 12.0. The van der Waals surface area contributed by atoms with Crippen molar-refractivity contribution in [3.8, 4) is 5.75 Å². The van der Waals surface area contributed by atoms with Gasteiger partial charge >= 0.3 is 0 Å². The molecule has 2 rings (SSSR count). The van der Waals surface area contributed by atoms with Crippen molar-refractivity contribution in [1.29, 1.82) is 0 Å². The van der Waals surface area contributed by atoms with Gasteiger partial charge in [0.2, 0.25) is 0 Å². The minimum absolute atomic E-state index is 0.0530. The lowest BCUT2D eigenvalue weighted by molar-refractivity contribution is -0.118. The van der Waals surface area contributed by atoms with Gasteiger partial charge in [0.05, 0.1) is 16.4 Å². The molecule has 0 saturated carbocycles. The van der Waals surface area contributed by atoms with E-state index in [1.54, 1.807) is 6.07 Å². The molecule has 1 aromatic carbocycles. The quantitative estimate of drug-likeness (QED) is 0.872. The maximum Gasteiger partial charge on any atom is 0.262 e. The predicted octanol–water partition coefficient (Wildman–Crippen LogP) is 2.88. The maximum absolute atomic E-state index is 11.2. The van der Waals surface area contributed by atoms with E-state index in [0.29, 0.717) is 22.5 Å². The molecule has 0 fully saturated rings. The second-order valence-corrected chi connectivity index (χ2v) is 4.53. The second kappa shape index (κ2) is 4.84. The van der Waals surface area contributed by atoms with Gasteiger partial charge in [-0.3, -0.25) is 4.79 Å². The molecular weight excluding hydrogens is 240 g/mol. The van der Waals surface area contributed by atoms with E-state index < -0.39 is 0 Å². The number of fused-ring (bicyclic) bond motifs is 1. The summed E-state index contributed by atoms with van der Waals surface area (Å²) >= 11 is 6.14. The highest BCUT2D eigenvalue weighted by atomic mass is 35.5. The number of rotatable bonds is 3. The molecule has 1 unspecified atom stereocenters. The summed E-state index contributed by atoms with van der Waals surface area (Å²) in [7, 11) is 0. The Bertz CT molecular complexity index is 448. The van der Waals surface area contributed by atoms with Crippen molar-refractivity contribution in [2.24, 2.45) is 0 Å². The number of amides is 1. The molecule has 0 saturated heterocycles. The monoisotopic (exact) mass is 254 g/mol. The van der Waals surface area contributed by atoms with E-state index in [2.05, 4.69) is 24.5 Å². The van der Waals surface area contributed by atoms with Gasteiger partial charge in [0.1, 0.15) is 5.75 Å². The third-order valence-corrected chi connectivity index (χ3v) is 3.03. The van der Waals surface area contributed by atoms with Gasteiger partial charge in [-0.15, -0.1) is 0 Å². The van der Waals surface area contributed by atoms with E-state index in [0.717, 1.165) is 12.1 Å². The van der Waals surface area contributed by atoms with Crippen LogP contribution in [0.4, 0.5) is 11.4 Å².